The van der Waals surface area contributed by atoms with Crippen LogP contribution < -0.4 is 0 Å². The maximum atomic E-state index is 12.4. The fourth-order valence-electron chi connectivity index (χ4n) is 1.99. The Kier molecular flexibility index (Phi) is 3.59. The van der Waals surface area contributed by atoms with Crippen molar-refractivity contribution in [3.05, 3.63) is 51.0 Å². The summed E-state index contributed by atoms with van der Waals surface area (Å²) in [5.74, 6) is 0.0727. The predicted octanol–water partition coefficient (Wildman–Crippen LogP) is 4.29. The van der Waals surface area contributed by atoms with Crippen molar-refractivity contribution in [3.63, 3.8) is 0 Å². The lowest BCUT2D eigenvalue weighted by Gasteiger charge is -2.18. The molecule has 0 fully saturated rings. The van der Waals surface area contributed by atoms with Crippen molar-refractivity contribution in [3.8, 4) is 0 Å². The molecule has 1 aromatic carbocycles. The number of hydrogen-bond donors (Lipinski definition) is 0. The van der Waals surface area contributed by atoms with E-state index in [4.69, 9.17) is 0 Å². The van der Waals surface area contributed by atoms with E-state index in [0.29, 0.717) is 0 Å². The molecule has 0 radical (unpaired) electrons. The second kappa shape index (κ2) is 4.89. The van der Waals surface area contributed by atoms with Crippen molar-refractivity contribution < 1.29 is 4.79 Å². The Balaban J connectivity index is 2.33. The predicted molar refractivity (Wildman–Crippen MR) is 80.2 cm³/mol. The average molecular weight is 273 g/mol. The van der Waals surface area contributed by atoms with Crippen LogP contribution in [0.5, 0.6) is 0 Å². The van der Waals surface area contributed by atoms with Crippen molar-refractivity contribution in [1.82, 2.24) is 4.98 Å². The minimum atomic E-state index is 0.0727. The van der Waals surface area contributed by atoms with Crippen LogP contribution in [0.3, 0.4) is 0 Å². The highest BCUT2D eigenvalue weighted by Crippen LogP contribution is 2.25. The second-order valence-electron chi connectivity index (χ2n) is 5.80. The normalized spacial score (nSPS) is 11.6. The van der Waals surface area contributed by atoms with Crippen molar-refractivity contribution in [2.45, 2.75) is 40.0 Å². The largest absolute Gasteiger partial charge is 0.288 e. The molecule has 2 rings (SSSR count). The van der Waals surface area contributed by atoms with Gasteiger partial charge in [-0.2, -0.15) is 0 Å². The average Bonchev–Trinajstić information content (AvgIpc) is 2.66. The summed E-state index contributed by atoms with van der Waals surface area (Å²) in [4.78, 5) is 17.5. The van der Waals surface area contributed by atoms with Gasteiger partial charge in [-0.3, -0.25) is 4.79 Å². The third-order valence-electron chi connectivity index (χ3n) is 3.12. The molecular formula is C16H19NOS. The number of carbonyl (C=O) groups is 1. The summed E-state index contributed by atoms with van der Waals surface area (Å²) in [6, 6.07) is 7.90. The first kappa shape index (κ1) is 13.9. The third kappa shape index (κ3) is 2.92. The topological polar surface area (TPSA) is 30.0 Å². The molecule has 0 aliphatic heterocycles. The molecular weight excluding hydrogens is 254 g/mol. The Morgan fingerprint density at radius 1 is 1.11 bits per heavy atom. The molecule has 0 saturated carbocycles. The lowest BCUT2D eigenvalue weighted by Crippen LogP contribution is -2.11. The fraction of sp³-hybridized carbons (Fsp3) is 0.375. The van der Waals surface area contributed by atoms with Crippen molar-refractivity contribution in [2.75, 3.05) is 0 Å². The standard InChI is InChI=1S/C16H19NOS/c1-10-15(19-11(2)17-10)14(18)12-6-8-13(9-7-12)16(3,4)5/h6-9H,1-5H3. The van der Waals surface area contributed by atoms with Crippen LogP contribution in [0.25, 0.3) is 0 Å². The summed E-state index contributed by atoms with van der Waals surface area (Å²) in [6.45, 7) is 10.3. The van der Waals surface area contributed by atoms with Crippen LogP contribution >= 0.6 is 11.3 Å². The van der Waals surface area contributed by atoms with Crippen LogP contribution in [0.2, 0.25) is 0 Å². The summed E-state index contributed by atoms with van der Waals surface area (Å²) < 4.78 is 0. The first-order chi connectivity index (χ1) is 8.79. The molecule has 0 unspecified atom stereocenters. The van der Waals surface area contributed by atoms with E-state index in [1.165, 1.54) is 16.9 Å². The molecule has 100 valence electrons. The van der Waals surface area contributed by atoms with Crippen molar-refractivity contribution >= 4 is 17.1 Å². The monoisotopic (exact) mass is 273 g/mol. The van der Waals surface area contributed by atoms with Gasteiger partial charge in [-0.25, -0.2) is 4.98 Å². The van der Waals surface area contributed by atoms with Crippen LogP contribution in [-0.2, 0) is 5.41 Å². The number of nitrogens with zero attached hydrogens (tertiary/aromatic N) is 1. The Morgan fingerprint density at radius 3 is 2.11 bits per heavy atom. The molecule has 0 aliphatic rings. The van der Waals surface area contributed by atoms with E-state index >= 15 is 0 Å². The molecule has 1 heterocycles. The number of ketones is 1. The highest BCUT2D eigenvalue weighted by atomic mass is 32.1. The minimum absolute atomic E-state index is 0.0727. The summed E-state index contributed by atoms with van der Waals surface area (Å²) >= 11 is 1.47. The van der Waals surface area contributed by atoms with Gasteiger partial charge in [0.1, 0.15) is 0 Å². The van der Waals surface area contributed by atoms with Crippen molar-refractivity contribution in [2.24, 2.45) is 0 Å². The molecule has 2 nitrogen and oxygen atoms in total. The van der Waals surface area contributed by atoms with Gasteiger partial charge in [0.05, 0.1) is 15.6 Å². The van der Waals surface area contributed by atoms with Gasteiger partial charge in [0.25, 0.3) is 0 Å². The summed E-state index contributed by atoms with van der Waals surface area (Å²) in [5, 5.41) is 0.937. The van der Waals surface area contributed by atoms with Gasteiger partial charge < -0.3 is 0 Å². The number of benzene rings is 1. The lowest BCUT2D eigenvalue weighted by molar-refractivity contribution is 0.104. The number of aryl methyl sites for hydroxylation is 2. The van der Waals surface area contributed by atoms with E-state index in [1.807, 2.05) is 38.1 Å². The van der Waals surface area contributed by atoms with Gasteiger partial charge in [0, 0.05) is 5.56 Å². The summed E-state index contributed by atoms with van der Waals surface area (Å²) in [6.07, 6.45) is 0. The maximum Gasteiger partial charge on any atom is 0.204 e. The van der Waals surface area contributed by atoms with E-state index in [0.717, 1.165) is 21.1 Å². The van der Waals surface area contributed by atoms with Crippen LogP contribution in [0.1, 0.15) is 52.3 Å². The number of aromatic nitrogens is 1. The molecule has 0 bridgehead atoms. The fourth-order valence-corrected chi connectivity index (χ4v) is 2.88. The second-order valence-corrected chi connectivity index (χ2v) is 7.01. The number of thiazole rings is 1. The number of carbonyl (C=O) groups excluding carboxylic acids is 1. The van der Waals surface area contributed by atoms with E-state index in [-0.39, 0.29) is 11.2 Å². The van der Waals surface area contributed by atoms with Crippen LogP contribution in [0.15, 0.2) is 24.3 Å². The van der Waals surface area contributed by atoms with E-state index in [2.05, 4.69) is 25.8 Å². The van der Waals surface area contributed by atoms with Gasteiger partial charge in [0.15, 0.2) is 0 Å². The van der Waals surface area contributed by atoms with Gasteiger partial charge in [-0.05, 0) is 24.8 Å². The zero-order valence-electron chi connectivity index (χ0n) is 12.1. The zero-order valence-corrected chi connectivity index (χ0v) is 12.9. The highest BCUT2D eigenvalue weighted by Gasteiger charge is 2.17. The zero-order chi connectivity index (χ0) is 14.2. The molecule has 0 aliphatic carbocycles. The third-order valence-corrected chi connectivity index (χ3v) is 4.19. The number of rotatable bonds is 2. The Morgan fingerprint density at radius 2 is 1.68 bits per heavy atom. The SMILES string of the molecule is Cc1nc(C)c(C(=O)c2ccc(C(C)(C)C)cc2)s1. The Labute approximate surface area is 118 Å². The van der Waals surface area contributed by atoms with Gasteiger partial charge in [-0.1, -0.05) is 45.0 Å². The van der Waals surface area contributed by atoms with E-state index in [9.17, 15) is 4.79 Å². The molecule has 0 N–H and O–H groups in total. The number of hydrogen-bond acceptors (Lipinski definition) is 3. The molecule has 0 atom stereocenters. The molecule has 19 heavy (non-hydrogen) atoms. The molecule has 2 aromatic rings. The molecule has 1 aromatic heterocycles. The quantitative estimate of drug-likeness (QED) is 0.764. The molecule has 0 saturated heterocycles. The van der Waals surface area contributed by atoms with E-state index in [1.54, 1.807) is 0 Å². The first-order valence-corrected chi connectivity index (χ1v) is 7.20. The van der Waals surface area contributed by atoms with Gasteiger partial charge in [-0.15, -0.1) is 11.3 Å². The lowest BCUT2D eigenvalue weighted by atomic mass is 9.86. The summed E-state index contributed by atoms with van der Waals surface area (Å²) in [5.41, 5.74) is 2.91. The Bertz CT molecular complexity index is 603. The molecule has 0 amide bonds. The minimum Gasteiger partial charge on any atom is -0.288 e. The van der Waals surface area contributed by atoms with Crippen LogP contribution in [0.4, 0.5) is 0 Å². The van der Waals surface area contributed by atoms with Gasteiger partial charge >= 0.3 is 0 Å². The highest BCUT2D eigenvalue weighted by molar-refractivity contribution is 7.14. The summed E-state index contributed by atoms with van der Waals surface area (Å²) in [7, 11) is 0. The Hall–Kier alpha value is -1.48. The molecule has 3 heteroatoms. The smallest absolute Gasteiger partial charge is 0.204 e. The molecule has 0 spiro atoms. The van der Waals surface area contributed by atoms with Gasteiger partial charge in [0.2, 0.25) is 5.78 Å². The first-order valence-electron chi connectivity index (χ1n) is 6.38. The van der Waals surface area contributed by atoms with Crippen LogP contribution in [-0.4, -0.2) is 10.8 Å². The van der Waals surface area contributed by atoms with Crippen LogP contribution in [0, 0.1) is 13.8 Å². The maximum absolute atomic E-state index is 12.4. The van der Waals surface area contributed by atoms with Crippen molar-refractivity contribution in [1.29, 1.82) is 0 Å². The van der Waals surface area contributed by atoms with E-state index < -0.39 is 0 Å².